The number of hydrogen-bond donors (Lipinski definition) is 4. The minimum absolute atomic E-state index is 0.0717. The van der Waals surface area contributed by atoms with E-state index < -0.39 is 16.1 Å². The summed E-state index contributed by atoms with van der Waals surface area (Å²) in [6.45, 7) is 0. The lowest BCUT2D eigenvalue weighted by atomic mass is 9.95. The average molecular weight is 390 g/mol. The van der Waals surface area contributed by atoms with Gasteiger partial charge in [0.15, 0.2) is 0 Å². The summed E-state index contributed by atoms with van der Waals surface area (Å²) < 4.78 is 26.9. The normalized spacial score (nSPS) is 24.2. The van der Waals surface area contributed by atoms with Gasteiger partial charge in [0.2, 0.25) is 5.88 Å². The molecule has 8 heteroatoms. The molecule has 2 atom stereocenters. The molecular formula is C19H22N2O5S. The molecule has 0 spiro atoms. The number of phenolic OH excluding ortho intramolecular Hbond substituents is 1. The van der Waals surface area contributed by atoms with E-state index in [0.717, 1.165) is 58.9 Å². The van der Waals surface area contributed by atoms with Crippen molar-refractivity contribution >= 4 is 26.7 Å². The number of anilines is 1. The number of hydrogen-bond acceptors (Lipinski definition) is 5. The first kappa shape index (κ1) is 17.9. The lowest BCUT2D eigenvalue weighted by Crippen LogP contribution is -2.29. The molecule has 0 amide bonds. The highest BCUT2D eigenvalue weighted by Gasteiger charge is 2.30. The van der Waals surface area contributed by atoms with Gasteiger partial charge in [-0.3, -0.25) is 0 Å². The fourth-order valence-corrected chi connectivity index (χ4v) is 5.01. The predicted molar refractivity (Wildman–Crippen MR) is 103 cm³/mol. The highest BCUT2D eigenvalue weighted by atomic mass is 32.2. The summed E-state index contributed by atoms with van der Waals surface area (Å²) in [5.41, 5.74) is 1.17. The highest BCUT2D eigenvalue weighted by molar-refractivity contribution is 7.91. The van der Waals surface area contributed by atoms with Crippen LogP contribution in [0.5, 0.6) is 5.75 Å². The van der Waals surface area contributed by atoms with E-state index in [1.807, 2.05) is 22.9 Å². The van der Waals surface area contributed by atoms with Gasteiger partial charge in [0, 0.05) is 0 Å². The third-order valence-electron chi connectivity index (χ3n) is 5.39. The van der Waals surface area contributed by atoms with Gasteiger partial charge in [-0.1, -0.05) is 24.6 Å². The average Bonchev–Trinajstić information content (AvgIpc) is 3.13. The second-order valence-electron chi connectivity index (χ2n) is 7.24. The topological polar surface area (TPSA) is 110 Å². The van der Waals surface area contributed by atoms with Crippen molar-refractivity contribution in [2.75, 3.05) is 4.31 Å². The zero-order chi connectivity index (χ0) is 19.2. The van der Waals surface area contributed by atoms with Gasteiger partial charge >= 0.3 is 10.2 Å². The molecule has 1 saturated carbocycles. The summed E-state index contributed by atoms with van der Waals surface area (Å²) in [5, 5.41) is 31.3. The molecule has 0 aromatic heterocycles. The number of aliphatic hydroxyl groups is 2. The molecule has 4 rings (SSSR count). The van der Waals surface area contributed by atoms with Crippen LogP contribution in [0, 0.1) is 5.92 Å². The Morgan fingerprint density at radius 3 is 2.59 bits per heavy atom. The van der Waals surface area contributed by atoms with E-state index in [9.17, 15) is 23.7 Å². The summed E-state index contributed by atoms with van der Waals surface area (Å²) in [7, 11) is -3.97. The Morgan fingerprint density at radius 1 is 1.11 bits per heavy atom. The molecule has 0 saturated heterocycles. The van der Waals surface area contributed by atoms with Gasteiger partial charge in [0.05, 0.1) is 12.3 Å². The molecule has 7 nitrogen and oxygen atoms in total. The molecule has 2 aromatic rings. The molecule has 0 bridgehead atoms. The molecule has 1 fully saturated rings. The number of aromatic hydroxyl groups is 1. The maximum atomic E-state index is 12.1. The van der Waals surface area contributed by atoms with Crippen LogP contribution in [-0.2, 0) is 16.6 Å². The van der Waals surface area contributed by atoms with Crippen molar-refractivity contribution in [3.63, 3.8) is 0 Å². The Bertz CT molecular complexity index is 1020. The van der Waals surface area contributed by atoms with Crippen molar-refractivity contribution in [1.29, 1.82) is 0 Å². The SMILES string of the molecule is O=S1(=O)NC(O)=CN1c1cc2cc(CCC3CCCC3O)ccc2cc1O. The first-order chi connectivity index (χ1) is 12.8. The number of fused-ring (bicyclic) bond motifs is 1. The number of nitrogens with zero attached hydrogens (tertiary/aromatic N) is 1. The van der Waals surface area contributed by atoms with E-state index >= 15 is 0 Å². The van der Waals surface area contributed by atoms with Crippen LogP contribution in [0.15, 0.2) is 42.4 Å². The Hall–Kier alpha value is -2.45. The summed E-state index contributed by atoms with van der Waals surface area (Å²) in [4.78, 5) is 0. The largest absolute Gasteiger partial charge is 0.506 e. The fourth-order valence-electron chi connectivity index (χ4n) is 3.95. The van der Waals surface area contributed by atoms with Gasteiger partial charge in [-0.15, -0.1) is 0 Å². The quantitative estimate of drug-likeness (QED) is 0.642. The van der Waals surface area contributed by atoms with Crippen LogP contribution in [0.3, 0.4) is 0 Å². The van der Waals surface area contributed by atoms with Crippen molar-refractivity contribution in [3.05, 3.63) is 48.0 Å². The van der Waals surface area contributed by atoms with Crippen molar-refractivity contribution in [2.24, 2.45) is 5.92 Å². The number of aryl methyl sites for hydroxylation is 1. The fraction of sp³-hybridized carbons (Fsp3) is 0.368. The van der Waals surface area contributed by atoms with Gasteiger partial charge in [-0.25, -0.2) is 9.03 Å². The smallest absolute Gasteiger partial charge is 0.330 e. The van der Waals surface area contributed by atoms with Gasteiger partial charge in [-0.05, 0) is 60.1 Å². The Kier molecular flexibility index (Phi) is 4.39. The molecule has 2 aromatic carbocycles. The minimum Gasteiger partial charge on any atom is -0.506 e. The van der Waals surface area contributed by atoms with Crippen LogP contribution < -0.4 is 9.03 Å². The number of aliphatic hydroxyl groups excluding tert-OH is 2. The molecular weight excluding hydrogens is 368 g/mol. The van der Waals surface area contributed by atoms with Crippen molar-refractivity contribution in [3.8, 4) is 5.75 Å². The van der Waals surface area contributed by atoms with E-state index in [0.29, 0.717) is 5.92 Å². The van der Waals surface area contributed by atoms with E-state index in [2.05, 4.69) is 0 Å². The summed E-state index contributed by atoms with van der Waals surface area (Å²) in [5.74, 6) is -0.357. The molecule has 27 heavy (non-hydrogen) atoms. The van der Waals surface area contributed by atoms with Crippen LogP contribution in [-0.4, -0.2) is 29.8 Å². The molecule has 0 radical (unpaired) electrons. The van der Waals surface area contributed by atoms with E-state index in [-0.39, 0.29) is 17.5 Å². The first-order valence-corrected chi connectivity index (χ1v) is 10.4. The number of phenols is 1. The number of nitrogens with one attached hydrogen (secondary N) is 1. The number of rotatable bonds is 4. The van der Waals surface area contributed by atoms with Gasteiger partial charge in [0.1, 0.15) is 11.4 Å². The van der Waals surface area contributed by atoms with Crippen LogP contribution in [0.4, 0.5) is 5.69 Å². The lowest BCUT2D eigenvalue weighted by Gasteiger charge is -2.17. The molecule has 1 aliphatic heterocycles. The van der Waals surface area contributed by atoms with Crippen molar-refractivity contribution < 1.29 is 23.7 Å². The summed E-state index contributed by atoms with van der Waals surface area (Å²) in [6, 6.07) is 8.95. The van der Waals surface area contributed by atoms with E-state index in [1.54, 1.807) is 6.07 Å². The Labute approximate surface area is 157 Å². The summed E-state index contributed by atoms with van der Waals surface area (Å²) in [6.07, 6.45) is 5.57. The predicted octanol–water partition coefficient (Wildman–Crippen LogP) is 2.65. The molecule has 1 heterocycles. The second kappa shape index (κ2) is 6.61. The zero-order valence-electron chi connectivity index (χ0n) is 14.7. The second-order valence-corrected chi connectivity index (χ2v) is 8.78. The molecule has 144 valence electrons. The van der Waals surface area contributed by atoms with Crippen LogP contribution >= 0.6 is 0 Å². The van der Waals surface area contributed by atoms with Gasteiger partial charge in [0.25, 0.3) is 0 Å². The molecule has 2 aliphatic rings. The van der Waals surface area contributed by atoms with Crippen molar-refractivity contribution in [1.82, 2.24) is 4.72 Å². The lowest BCUT2D eigenvalue weighted by molar-refractivity contribution is 0.128. The minimum atomic E-state index is -3.97. The standard InChI is InChI=1S/C19H22N2O5S/c22-17-3-1-2-13(17)6-4-12-5-7-14-10-18(23)16(9-15(14)8-12)21-11-19(24)20-27(21,25)26/h5,7-11,13,17,20,22-24H,1-4,6H2. The van der Waals surface area contributed by atoms with Crippen molar-refractivity contribution in [2.45, 2.75) is 38.2 Å². The third kappa shape index (κ3) is 3.42. The third-order valence-corrected chi connectivity index (χ3v) is 6.68. The highest BCUT2D eigenvalue weighted by Crippen LogP contribution is 2.36. The van der Waals surface area contributed by atoms with Gasteiger partial charge < -0.3 is 15.3 Å². The Morgan fingerprint density at radius 2 is 1.93 bits per heavy atom. The monoisotopic (exact) mass is 390 g/mol. The molecule has 4 N–H and O–H groups in total. The Balaban J connectivity index is 1.64. The summed E-state index contributed by atoms with van der Waals surface area (Å²) >= 11 is 0. The van der Waals surface area contributed by atoms with Crippen LogP contribution in [0.1, 0.15) is 31.2 Å². The van der Waals surface area contributed by atoms with E-state index in [4.69, 9.17) is 0 Å². The number of benzene rings is 2. The van der Waals surface area contributed by atoms with E-state index in [1.165, 1.54) is 6.07 Å². The first-order valence-electron chi connectivity index (χ1n) is 9.00. The molecule has 2 unspecified atom stereocenters. The zero-order valence-corrected chi connectivity index (χ0v) is 15.5. The van der Waals surface area contributed by atoms with Crippen LogP contribution in [0.2, 0.25) is 0 Å². The molecule has 1 aliphatic carbocycles. The van der Waals surface area contributed by atoms with Crippen LogP contribution in [0.25, 0.3) is 10.8 Å². The van der Waals surface area contributed by atoms with Gasteiger partial charge in [-0.2, -0.15) is 8.42 Å². The maximum absolute atomic E-state index is 12.1. The maximum Gasteiger partial charge on any atom is 0.330 e.